The Hall–Kier alpha value is -4.47. The number of rotatable bonds is 8. The second-order valence-corrected chi connectivity index (χ2v) is 8.95. The fourth-order valence-corrected chi connectivity index (χ4v) is 4.38. The van der Waals surface area contributed by atoms with E-state index in [1.54, 1.807) is 48.5 Å². The number of hydrazone groups is 1. The number of hydrogen-bond acceptors (Lipinski definition) is 7. The van der Waals surface area contributed by atoms with E-state index in [4.69, 9.17) is 9.15 Å². The maximum absolute atomic E-state index is 12.6. The smallest absolute Gasteiger partial charge is 0.271 e. The molecule has 10 nitrogen and oxygen atoms in total. The number of nitrogens with one attached hydrogen (secondary N) is 1. The molecule has 0 aliphatic carbocycles. The van der Waals surface area contributed by atoms with E-state index in [1.165, 1.54) is 18.3 Å². The molecule has 3 aromatic rings. The monoisotopic (exact) mass is 504 g/mol. The van der Waals surface area contributed by atoms with Gasteiger partial charge in [0.25, 0.3) is 17.5 Å². The molecule has 0 saturated carbocycles. The molecule has 10 heteroatoms. The van der Waals surface area contributed by atoms with Crippen LogP contribution in [0.25, 0.3) is 11.3 Å². The van der Waals surface area contributed by atoms with E-state index in [0.717, 1.165) is 19.3 Å². The van der Waals surface area contributed by atoms with Crippen LogP contribution in [0.2, 0.25) is 0 Å². The number of nitrogens with zero attached hydrogens (tertiary/aromatic N) is 3. The third-order valence-electron chi connectivity index (χ3n) is 6.31. The Bertz CT molecular complexity index is 1270. The molecule has 2 atom stereocenters. The van der Waals surface area contributed by atoms with E-state index in [1.807, 2.05) is 4.90 Å². The average Bonchev–Trinajstić information content (AvgIpc) is 3.36. The van der Waals surface area contributed by atoms with Gasteiger partial charge in [-0.1, -0.05) is 0 Å². The summed E-state index contributed by atoms with van der Waals surface area (Å²) in [7, 11) is 0. The van der Waals surface area contributed by atoms with Crippen molar-refractivity contribution in [2.45, 2.75) is 45.2 Å². The van der Waals surface area contributed by atoms with Crippen LogP contribution in [0.3, 0.4) is 0 Å². The Balaban J connectivity index is 1.27. The van der Waals surface area contributed by atoms with Crippen molar-refractivity contribution in [3.05, 3.63) is 82.1 Å². The predicted octanol–water partition coefficient (Wildman–Crippen LogP) is 4.79. The molecule has 2 aromatic carbocycles. The fourth-order valence-electron chi connectivity index (χ4n) is 4.38. The van der Waals surface area contributed by atoms with Crippen molar-refractivity contribution in [1.82, 2.24) is 10.3 Å². The number of carbonyl (C=O) groups is 2. The van der Waals surface area contributed by atoms with Crippen molar-refractivity contribution < 1.29 is 23.7 Å². The lowest BCUT2D eigenvalue weighted by molar-refractivity contribution is -0.384. The Morgan fingerprint density at radius 2 is 1.76 bits per heavy atom. The zero-order chi connectivity index (χ0) is 26.4. The first-order valence-corrected chi connectivity index (χ1v) is 12.0. The van der Waals surface area contributed by atoms with Gasteiger partial charge in [0.15, 0.2) is 6.61 Å². The van der Waals surface area contributed by atoms with Crippen LogP contribution in [0.1, 0.15) is 49.2 Å². The summed E-state index contributed by atoms with van der Waals surface area (Å²) in [6, 6.07) is 16.2. The number of amides is 2. The fraction of sp³-hybridized carbons (Fsp3) is 0.296. The summed E-state index contributed by atoms with van der Waals surface area (Å²) in [5.74, 6) is 0.961. The number of likely N-dealkylation sites (tertiary alicyclic amines) is 1. The third-order valence-corrected chi connectivity index (χ3v) is 6.31. The number of non-ortho nitro benzene ring substituents is 1. The standard InChI is InChI=1S/C27H28N4O6/c1-18-4-3-5-19(2)30(18)26(32)17-36-23-12-8-21(9-13-23)27(33)29-28-16-24-14-15-25(37-24)20-6-10-22(11-7-20)31(34)35/h6-16,18-19H,3-5,17H2,1-2H3,(H,29,33). The molecule has 1 N–H and O–H groups in total. The van der Waals surface area contributed by atoms with E-state index in [0.29, 0.717) is 28.4 Å². The van der Waals surface area contributed by atoms with E-state index < -0.39 is 10.8 Å². The molecule has 2 unspecified atom stereocenters. The van der Waals surface area contributed by atoms with Gasteiger partial charge < -0.3 is 14.1 Å². The largest absolute Gasteiger partial charge is 0.484 e. The number of benzene rings is 2. The highest BCUT2D eigenvalue weighted by atomic mass is 16.6. The van der Waals surface area contributed by atoms with Gasteiger partial charge in [-0.25, -0.2) is 5.43 Å². The van der Waals surface area contributed by atoms with E-state index in [9.17, 15) is 19.7 Å². The molecule has 2 amide bonds. The number of ether oxygens (including phenoxy) is 1. The lowest BCUT2D eigenvalue weighted by Gasteiger charge is -2.38. The molecule has 1 fully saturated rings. The summed E-state index contributed by atoms with van der Waals surface area (Å²) < 4.78 is 11.3. The molecular weight excluding hydrogens is 476 g/mol. The Morgan fingerprint density at radius 3 is 2.41 bits per heavy atom. The number of piperidine rings is 1. The summed E-state index contributed by atoms with van der Waals surface area (Å²) in [6.45, 7) is 4.08. The van der Waals surface area contributed by atoms with Crippen LogP contribution >= 0.6 is 0 Å². The van der Waals surface area contributed by atoms with Gasteiger partial charge in [0.2, 0.25) is 0 Å². The summed E-state index contributed by atoms with van der Waals surface area (Å²) in [5, 5.41) is 14.7. The van der Waals surface area contributed by atoms with Gasteiger partial charge in [-0.3, -0.25) is 19.7 Å². The lowest BCUT2D eigenvalue weighted by Crippen LogP contribution is -2.49. The minimum atomic E-state index is -0.467. The van der Waals surface area contributed by atoms with Crippen molar-refractivity contribution in [3.8, 4) is 17.1 Å². The molecule has 1 saturated heterocycles. The van der Waals surface area contributed by atoms with Gasteiger partial charge >= 0.3 is 0 Å². The minimum Gasteiger partial charge on any atom is -0.484 e. The van der Waals surface area contributed by atoms with Crippen LogP contribution in [-0.2, 0) is 4.79 Å². The second kappa shape index (κ2) is 11.5. The highest BCUT2D eigenvalue weighted by molar-refractivity contribution is 5.94. The van der Waals surface area contributed by atoms with Crippen LogP contribution in [0, 0.1) is 10.1 Å². The van der Waals surface area contributed by atoms with E-state index in [2.05, 4.69) is 24.4 Å². The summed E-state index contributed by atoms with van der Waals surface area (Å²) in [6.07, 6.45) is 4.50. The molecule has 192 valence electrons. The Morgan fingerprint density at radius 1 is 1.08 bits per heavy atom. The van der Waals surface area contributed by atoms with Crippen LogP contribution < -0.4 is 10.2 Å². The molecule has 1 aliphatic rings. The molecule has 37 heavy (non-hydrogen) atoms. The summed E-state index contributed by atoms with van der Waals surface area (Å²) in [4.78, 5) is 37.2. The lowest BCUT2D eigenvalue weighted by atomic mass is 9.97. The van der Waals surface area contributed by atoms with E-state index >= 15 is 0 Å². The number of nitro groups is 1. The number of furan rings is 1. The molecular formula is C27H28N4O6. The predicted molar refractivity (Wildman–Crippen MR) is 137 cm³/mol. The normalized spacial score (nSPS) is 17.5. The number of carbonyl (C=O) groups excluding carboxylic acids is 2. The van der Waals surface area contributed by atoms with Crippen LogP contribution in [0.15, 0.2) is 70.2 Å². The van der Waals surface area contributed by atoms with Crippen molar-refractivity contribution in [3.63, 3.8) is 0 Å². The quantitative estimate of drug-likeness (QED) is 0.267. The average molecular weight is 505 g/mol. The van der Waals surface area contributed by atoms with Gasteiger partial charge in [-0.05, 0) is 81.6 Å². The first-order chi connectivity index (χ1) is 17.8. The highest BCUT2D eigenvalue weighted by Gasteiger charge is 2.29. The summed E-state index contributed by atoms with van der Waals surface area (Å²) >= 11 is 0. The number of hydrogen-bond donors (Lipinski definition) is 1. The zero-order valence-electron chi connectivity index (χ0n) is 20.6. The zero-order valence-corrected chi connectivity index (χ0v) is 20.6. The first kappa shape index (κ1) is 25.6. The molecule has 0 radical (unpaired) electrons. The molecule has 2 heterocycles. The molecule has 1 aliphatic heterocycles. The minimum absolute atomic E-state index is 0.00499. The second-order valence-electron chi connectivity index (χ2n) is 8.95. The number of nitro benzene ring substituents is 1. The van der Waals surface area contributed by atoms with Crippen LogP contribution in [0.5, 0.6) is 5.75 Å². The van der Waals surface area contributed by atoms with Gasteiger partial charge in [0.1, 0.15) is 17.3 Å². The van der Waals surface area contributed by atoms with Crippen molar-refractivity contribution in [1.29, 1.82) is 0 Å². The van der Waals surface area contributed by atoms with Crippen molar-refractivity contribution in [2.24, 2.45) is 5.10 Å². The van der Waals surface area contributed by atoms with Crippen LogP contribution in [-0.4, -0.2) is 46.5 Å². The topological polar surface area (TPSA) is 127 Å². The molecule has 1 aromatic heterocycles. The van der Waals surface area contributed by atoms with Gasteiger partial charge in [-0.2, -0.15) is 5.10 Å². The maximum atomic E-state index is 12.6. The van der Waals surface area contributed by atoms with Gasteiger partial charge in [0.05, 0.1) is 11.1 Å². The van der Waals surface area contributed by atoms with E-state index in [-0.39, 0.29) is 30.3 Å². The highest BCUT2D eigenvalue weighted by Crippen LogP contribution is 2.24. The first-order valence-electron chi connectivity index (χ1n) is 12.0. The molecule has 0 spiro atoms. The van der Waals surface area contributed by atoms with Crippen molar-refractivity contribution >= 4 is 23.7 Å². The Labute approximate surface area is 214 Å². The van der Waals surface area contributed by atoms with Crippen molar-refractivity contribution in [2.75, 3.05) is 6.61 Å². The maximum Gasteiger partial charge on any atom is 0.271 e. The molecule has 0 bridgehead atoms. The third kappa shape index (κ3) is 6.40. The SMILES string of the molecule is CC1CCCC(C)N1C(=O)COc1ccc(C(=O)NN=Cc2ccc(-c3ccc([N+](=O)[O-])cc3)o2)cc1. The Kier molecular flexibility index (Phi) is 7.97. The van der Waals surface area contributed by atoms with Gasteiger partial charge in [0, 0.05) is 35.3 Å². The summed E-state index contributed by atoms with van der Waals surface area (Å²) in [5.41, 5.74) is 3.48. The molecule has 4 rings (SSSR count). The van der Waals surface area contributed by atoms with Gasteiger partial charge in [-0.15, -0.1) is 0 Å². The van der Waals surface area contributed by atoms with Crippen LogP contribution in [0.4, 0.5) is 5.69 Å².